The van der Waals surface area contributed by atoms with Gasteiger partial charge in [0.25, 0.3) is 15.9 Å². The number of aliphatic hydroxyl groups excluding tert-OH is 1. The number of sulfonamides is 1. The Hall–Kier alpha value is -3.74. The topological polar surface area (TPSA) is 145 Å². The highest BCUT2D eigenvalue weighted by molar-refractivity contribution is 7.94. The van der Waals surface area contributed by atoms with Crippen LogP contribution in [0.2, 0.25) is 0 Å². The average Bonchev–Trinajstić information content (AvgIpc) is 3.55. The van der Waals surface area contributed by atoms with Crippen LogP contribution in [0, 0.1) is 11.8 Å². The van der Waals surface area contributed by atoms with Crippen LogP contribution in [0.5, 0.6) is 0 Å². The summed E-state index contributed by atoms with van der Waals surface area (Å²) in [4.78, 5) is 38.7. The lowest BCUT2D eigenvalue weighted by molar-refractivity contribution is -0.131. The minimum absolute atomic E-state index is 0.0592. The summed E-state index contributed by atoms with van der Waals surface area (Å²) in [5.74, 6) is -1.69. The fourth-order valence-corrected chi connectivity index (χ4v) is 6.94. The van der Waals surface area contributed by atoms with Gasteiger partial charge in [-0.05, 0) is 60.9 Å². The van der Waals surface area contributed by atoms with Crippen molar-refractivity contribution in [3.05, 3.63) is 83.2 Å². The maximum Gasteiger partial charge on any atom is 0.273 e. The molecule has 0 bridgehead atoms. The lowest BCUT2D eigenvalue weighted by atomic mass is 9.92. The zero-order valence-electron chi connectivity index (χ0n) is 25.7. The molecule has 0 aliphatic heterocycles. The monoisotopic (exact) mass is 642 g/mol. The van der Waals surface area contributed by atoms with Crippen molar-refractivity contribution in [3.8, 4) is 0 Å². The highest BCUT2D eigenvalue weighted by atomic mass is 32.2. The van der Waals surface area contributed by atoms with Crippen LogP contribution in [-0.2, 0) is 26.2 Å². The first kappa shape index (κ1) is 34.7. The van der Waals surface area contributed by atoms with Crippen molar-refractivity contribution in [1.29, 1.82) is 0 Å². The Morgan fingerprint density at radius 2 is 1.59 bits per heavy atom. The first-order valence-corrected chi connectivity index (χ1v) is 16.8. The van der Waals surface area contributed by atoms with E-state index in [1.165, 1.54) is 19.2 Å². The average molecular weight is 643 g/mol. The fraction of sp³-hybridized carbons (Fsp3) is 0.406. The molecule has 44 heavy (non-hydrogen) atoms. The first-order valence-electron chi connectivity index (χ1n) is 14.5. The Morgan fingerprint density at radius 1 is 0.886 bits per heavy atom. The molecule has 1 heterocycles. The molecule has 0 fully saturated rings. The van der Waals surface area contributed by atoms with E-state index in [-0.39, 0.29) is 33.9 Å². The second-order valence-corrected chi connectivity index (χ2v) is 14.4. The number of nitrogens with one attached hydrogen (secondary N) is 3. The molecule has 1 aromatic heterocycles. The van der Waals surface area contributed by atoms with Gasteiger partial charge in [0, 0.05) is 25.1 Å². The third-order valence-electron chi connectivity index (χ3n) is 7.19. The minimum Gasteiger partial charge on any atom is -0.391 e. The number of carbonyl (C=O) groups is 3. The zero-order valence-corrected chi connectivity index (χ0v) is 27.3. The van der Waals surface area contributed by atoms with E-state index in [2.05, 4.69) is 16.0 Å². The van der Waals surface area contributed by atoms with E-state index in [1.807, 2.05) is 44.2 Å². The first-order chi connectivity index (χ1) is 20.8. The summed E-state index contributed by atoms with van der Waals surface area (Å²) in [6.07, 6.45) is -0.537. The van der Waals surface area contributed by atoms with Crippen LogP contribution >= 0.6 is 11.3 Å². The van der Waals surface area contributed by atoms with Crippen LogP contribution < -0.4 is 20.3 Å². The molecular weight excluding hydrogens is 601 g/mol. The third-order valence-corrected chi connectivity index (χ3v) is 10.4. The van der Waals surface area contributed by atoms with Gasteiger partial charge in [-0.3, -0.25) is 18.7 Å². The Morgan fingerprint density at radius 3 is 2.23 bits per heavy atom. The number of aliphatic hydroxyl groups is 1. The second-order valence-electron chi connectivity index (χ2n) is 11.3. The van der Waals surface area contributed by atoms with Crippen LogP contribution in [0.4, 0.5) is 5.69 Å². The predicted molar refractivity (Wildman–Crippen MR) is 173 cm³/mol. The van der Waals surface area contributed by atoms with Gasteiger partial charge < -0.3 is 21.1 Å². The van der Waals surface area contributed by atoms with Crippen LogP contribution in [0.15, 0.2) is 76.3 Å². The Kier molecular flexibility index (Phi) is 12.5. The quantitative estimate of drug-likeness (QED) is 0.198. The lowest BCUT2D eigenvalue weighted by Crippen LogP contribution is -2.48. The van der Waals surface area contributed by atoms with Crippen molar-refractivity contribution < 1.29 is 27.9 Å². The second kappa shape index (κ2) is 15.8. The summed E-state index contributed by atoms with van der Waals surface area (Å²) < 4.78 is 27.2. The predicted octanol–water partition coefficient (Wildman–Crippen LogP) is 3.93. The lowest BCUT2D eigenvalue weighted by Gasteiger charge is -2.28. The maximum absolute atomic E-state index is 13.3. The SMILES string of the molecule is CC(C)C[C@H](NC(=O)c1cccc(N(C)S(=O)(=O)c2cccs2)c1)[C@@H](O)C[C@@H](C)C(=O)N[C@H](C)C(=O)NCc1ccccc1. The molecule has 0 unspecified atom stereocenters. The summed E-state index contributed by atoms with van der Waals surface area (Å²) in [5, 5.41) is 21.2. The molecule has 3 aromatic rings. The molecule has 3 amide bonds. The molecule has 238 valence electrons. The van der Waals surface area contributed by atoms with E-state index in [9.17, 15) is 27.9 Å². The summed E-state index contributed by atoms with van der Waals surface area (Å²) in [5.41, 5.74) is 1.49. The largest absolute Gasteiger partial charge is 0.391 e. The molecule has 0 aliphatic rings. The van der Waals surface area contributed by atoms with Gasteiger partial charge in [-0.15, -0.1) is 11.3 Å². The third kappa shape index (κ3) is 9.63. The Balaban J connectivity index is 1.61. The molecule has 0 saturated carbocycles. The number of carbonyl (C=O) groups excluding carboxylic acids is 3. The maximum atomic E-state index is 13.3. The summed E-state index contributed by atoms with van der Waals surface area (Å²) in [6.45, 7) is 7.52. The van der Waals surface area contributed by atoms with E-state index in [0.29, 0.717) is 18.7 Å². The molecule has 0 radical (unpaired) electrons. The molecule has 0 aliphatic carbocycles. The number of hydrogen-bond donors (Lipinski definition) is 4. The number of benzene rings is 2. The summed E-state index contributed by atoms with van der Waals surface area (Å²) in [6, 6.07) is 17.4. The van der Waals surface area contributed by atoms with Gasteiger partial charge in [0.05, 0.1) is 17.8 Å². The van der Waals surface area contributed by atoms with Gasteiger partial charge in [0.2, 0.25) is 11.8 Å². The van der Waals surface area contributed by atoms with Gasteiger partial charge >= 0.3 is 0 Å². The normalized spacial score (nSPS) is 14.2. The Labute approximate surface area is 263 Å². The molecule has 3 rings (SSSR count). The van der Waals surface area contributed by atoms with E-state index in [1.54, 1.807) is 43.5 Å². The number of hydrogen-bond acceptors (Lipinski definition) is 7. The van der Waals surface area contributed by atoms with Crippen LogP contribution in [-0.4, -0.2) is 56.5 Å². The van der Waals surface area contributed by atoms with Crippen molar-refractivity contribution >= 4 is 44.8 Å². The minimum atomic E-state index is -3.78. The fourth-order valence-electron chi connectivity index (χ4n) is 4.59. The highest BCUT2D eigenvalue weighted by Crippen LogP contribution is 2.26. The molecule has 0 saturated heterocycles. The van der Waals surface area contributed by atoms with Gasteiger partial charge in [-0.1, -0.05) is 63.2 Å². The van der Waals surface area contributed by atoms with Crippen LogP contribution in [0.25, 0.3) is 0 Å². The number of thiophene rings is 1. The summed E-state index contributed by atoms with van der Waals surface area (Å²) >= 11 is 1.11. The molecule has 2 aromatic carbocycles. The van der Waals surface area contributed by atoms with E-state index >= 15 is 0 Å². The van der Waals surface area contributed by atoms with Crippen molar-refractivity contribution in [1.82, 2.24) is 16.0 Å². The smallest absolute Gasteiger partial charge is 0.273 e. The summed E-state index contributed by atoms with van der Waals surface area (Å²) in [7, 11) is -2.35. The van der Waals surface area contributed by atoms with Gasteiger partial charge in [0.15, 0.2) is 0 Å². The van der Waals surface area contributed by atoms with Gasteiger partial charge in [-0.25, -0.2) is 8.42 Å². The molecular formula is C32H42N4O6S2. The van der Waals surface area contributed by atoms with Gasteiger partial charge in [0.1, 0.15) is 10.3 Å². The van der Waals surface area contributed by atoms with E-state index < -0.39 is 40.0 Å². The van der Waals surface area contributed by atoms with Crippen molar-refractivity contribution in [2.24, 2.45) is 11.8 Å². The van der Waals surface area contributed by atoms with Crippen molar-refractivity contribution in [2.75, 3.05) is 11.4 Å². The molecule has 4 N–H and O–H groups in total. The number of nitrogens with zero attached hydrogens (tertiary/aromatic N) is 1. The van der Waals surface area contributed by atoms with Crippen molar-refractivity contribution in [2.45, 2.75) is 69.5 Å². The van der Waals surface area contributed by atoms with Crippen LogP contribution in [0.3, 0.4) is 0 Å². The highest BCUT2D eigenvalue weighted by Gasteiger charge is 2.29. The zero-order chi connectivity index (χ0) is 32.4. The van der Waals surface area contributed by atoms with Crippen molar-refractivity contribution in [3.63, 3.8) is 0 Å². The standard InChI is InChI=1S/C32H42N4O6S2/c1-21(2)17-27(28(37)18-22(3)30(38)34-23(4)31(39)33-20-24-11-7-6-8-12-24)35-32(40)25-13-9-14-26(19-25)36(5)44(41,42)29-15-10-16-43-29/h6-16,19,21-23,27-28,37H,17-18,20H2,1-5H3,(H,33,39)(H,34,38)(H,35,40)/t22-,23-,27+,28+/m1/s1. The molecule has 10 nitrogen and oxygen atoms in total. The molecule has 4 atom stereocenters. The Bertz CT molecular complexity index is 1500. The molecule has 12 heteroatoms. The number of rotatable bonds is 15. The van der Waals surface area contributed by atoms with E-state index in [4.69, 9.17) is 0 Å². The number of amides is 3. The molecule has 0 spiro atoms. The number of anilines is 1. The van der Waals surface area contributed by atoms with E-state index in [0.717, 1.165) is 21.2 Å². The van der Waals surface area contributed by atoms with Crippen LogP contribution in [0.1, 0.15) is 56.5 Å². The van der Waals surface area contributed by atoms with Gasteiger partial charge in [-0.2, -0.15) is 0 Å².